The standard InChI is InChI=1S/C13H19BrN2O.ClH/c1-10-8-15-5-6-16(10)9-11-3-4-13(17-2)12(14)7-11;/h3-4,7,10,15H,5-6,8-9H2,1-2H3;1H/t10-;/m1./s1. The van der Waals surface area contributed by atoms with E-state index in [0.29, 0.717) is 6.04 Å². The van der Waals surface area contributed by atoms with Crippen molar-refractivity contribution in [2.45, 2.75) is 19.5 Å². The zero-order valence-electron chi connectivity index (χ0n) is 10.8. The van der Waals surface area contributed by atoms with Crippen LogP contribution in [0.4, 0.5) is 0 Å². The molecule has 0 aromatic heterocycles. The van der Waals surface area contributed by atoms with Crippen LogP contribution >= 0.6 is 28.3 Å². The van der Waals surface area contributed by atoms with E-state index in [1.807, 2.05) is 6.07 Å². The van der Waals surface area contributed by atoms with Gasteiger partial charge in [-0.3, -0.25) is 4.90 Å². The van der Waals surface area contributed by atoms with Crippen LogP contribution in [0.1, 0.15) is 12.5 Å². The Labute approximate surface area is 123 Å². The van der Waals surface area contributed by atoms with Gasteiger partial charge in [0.2, 0.25) is 0 Å². The lowest BCUT2D eigenvalue weighted by atomic mass is 10.1. The van der Waals surface area contributed by atoms with Crippen LogP contribution in [-0.2, 0) is 6.54 Å². The van der Waals surface area contributed by atoms with E-state index in [1.54, 1.807) is 7.11 Å². The normalized spacial score (nSPS) is 20.3. The molecule has 0 saturated carbocycles. The lowest BCUT2D eigenvalue weighted by Crippen LogP contribution is -2.49. The van der Waals surface area contributed by atoms with E-state index in [0.717, 1.165) is 36.4 Å². The van der Waals surface area contributed by atoms with Crippen molar-refractivity contribution < 1.29 is 4.74 Å². The van der Waals surface area contributed by atoms with Crippen molar-refractivity contribution in [3.63, 3.8) is 0 Å². The van der Waals surface area contributed by atoms with E-state index in [1.165, 1.54) is 5.56 Å². The van der Waals surface area contributed by atoms with Crippen LogP contribution in [0.2, 0.25) is 0 Å². The van der Waals surface area contributed by atoms with Gasteiger partial charge in [0.1, 0.15) is 5.75 Å². The first-order valence-electron chi connectivity index (χ1n) is 5.98. The Bertz CT molecular complexity index is 389. The molecule has 1 aromatic carbocycles. The highest BCUT2D eigenvalue weighted by Gasteiger charge is 2.17. The number of ether oxygens (including phenoxy) is 1. The minimum absolute atomic E-state index is 0. The van der Waals surface area contributed by atoms with Crippen LogP contribution in [0.15, 0.2) is 22.7 Å². The van der Waals surface area contributed by atoms with Crippen molar-refractivity contribution in [2.24, 2.45) is 0 Å². The summed E-state index contributed by atoms with van der Waals surface area (Å²) in [6.07, 6.45) is 0. The van der Waals surface area contributed by atoms with Gasteiger partial charge in [0, 0.05) is 32.2 Å². The van der Waals surface area contributed by atoms with Crippen LogP contribution in [0, 0.1) is 0 Å². The average Bonchev–Trinajstić information content (AvgIpc) is 2.32. The second kappa shape index (κ2) is 7.34. The Morgan fingerprint density at radius 1 is 1.50 bits per heavy atom. The van der Waals surface area contributed by atoms with Gasteiger partial charge < -0.3 is 10.1 Å². The SMILES string of the molecule is COc1ccc(CN2CCNC[C@H]2C)cc1Br.Cl. The van der Waals surface area contributed by atoms with Crippen LogP contribution in [0.5, 0.6) is 5.75 Å². The summed E-state index contributed by atoms with van der Waals surface area (Å²) in [7, 11) is 1.69. The summed E-state index contributed by atoms with van der Waals surface area (Å²) in [6, 6.07) is 6.91. The molecule has 1 aliphatic rings. The maximum atomic E-state index is 5.24. The van der Waals surface area contributed by atoms with E-state index >= 15 is 0 Å². The lowest BCUT2D eigenvalue weighted by Gasteiger charge is -2.33. The van der Waals surface area contributed by atoms with E-state index < -0.39 is 0 Å². The molecule has 0 aliphatic carbocycles. The van der Waals surface area contributed by atoms with Crippen molar-refractivity contribution in [2.75, 3.05) is 26.7 Å². The molecule has 3 nitrogen and oxygen atoms in total. The number of piperazine rings is 1. The highest BCUT2D eigenvalue weighted by atomic mass is 79.9. The number of halogens is 2. The Hall–Kier alpha value is -0.290. The minimum atomic E-state index is 0. The van der Waals surface area contributed by atoms with Gasteiger partial charge in [-0.05, 0) is 40.5 Å². The monoisotopic (exact) mass is 334 g/mol. The Kier molecular flexibility index (Phi) is 6.43. The molecule has 1 atom stereocenters. The highest BCUT2D eigenvalue weighted by Crippen LogP contribution is 2.26. The van der Waals surface area contributed by atoms with E-state index in [2.05, 4.69) is 45.2 Å². The second-order valence-electron chi connectivity index (χ2n) is 4.49. The van der Waals surface area contributed by atoms with Crippen LogP contribution in [-0.4, -0.2) is 37.7 Å². The van der Waals surface area contributed by atoms with Gasteiger partial charge in [0.05, 0.1) is 11.6 Å². The van der Waals surface area contributed by atoms with Gasteiger partial charge in [0.15, 0.2) is 0 Å². The predicted octanol–water partition coefficient (Wildman–Crippen LogP) is 2.67. The first-order valence-corrected chi connectivity index (χ1v) is 6.77. The molecule has 1 fully saturated rings. The molecule has 2 rings (SSSR count). The van der Waals surface area contributed by atoms with E-state index in [9.17, 15) is 0 Å². The molecule has 0 unspecified atom stereocenters. The van der Waals surface area contributed by atoms with E-state index in [4.69, 9.17) is 4.74 Å². The van der Waals surface area contributed by atoms with Crippen LogP contribution in [0.3, 0.4) is 0 Å². The van der Waals surface area contributed by atoms with Gasteiger partial charge in [-0.15, -0.1) is 12.4 Å². The summed E-state index contributed by atoms with van der Waals surface area (Å²) < 4.78 is 6.27. The Morgan fingerprint density at radius 3 is 2.89 bits per heavy atom. The first-order chi connectivity index (χ1) is 8.20. The molecular formula is C13H20BrClN2O. The van der Waals surface area contributed by atoms with Gasteiger partial charge in [0.25, 0.3) is 0 Å². The third-order valence-corrected chi connectivity index (χ3v) is 3.86. The second-order valence-corrected chi connectivity index (χ2v) is 5.35. The molecule has 102 valence electrons. The van der Waals surface area contributed by atoms with Crippen LogP contribution in [0.25, 0.3) is 0 Å². The summed E-state index contributed by atoms with van der Waals surface area (Å²) in [5.74, 6) is 0.891. The molecule has 0 amide bonds. The summed E-state index contributed by atoms with van der Waals surface area (Å²) in [6.45, 7) is 6.56. The zero-order valence-corrected chi connectivity index (χ0v) is 13.2. The third kappa shape index (κ3) is 3.85. The van der Waals surface area contributed by atoms with E-state index in [-0.39, 0.29) is 12.4 Å². The number of rotatable bonds is 3. The molecule has 1 N–H and O–H groups in total. The molecule has 0 bridgehead atoms. The first kappa shape index (κ1) is 15.8. The largest absolute Gasteiger partial charge is 0.496 e. The van der Waals surface area contributed by atoms with Gasteiger partial charge >= 0.3 is 0 Å². The quantitative estimate of drug-likeness (QED) is 0.919. The predicted molar refractivity (Wildman–Crippen MR) is 80.7 cm³/mol. The minimum Gasteiger partial charge on any atom is -0.496 e. The fourth-order valence-corrected chi connectivity index (χ4v) is 2.75. The molecule has 1 heterocycles. The van der Waals surface area contributed by atoms with Crippen molar-refractivity contribution in [1.29, 1.82) is 0 Å². The number of methoxy groups -OCH3 is 1. The molecule has 1 aromatic rings. The van der Waals surface area contributed by atoms with Crippen LogP contribution < -0.4 is 10.1 Å². The van der Waals surface area contributed by atoms with Crippen molar-refractivity contribution in [1.82, 2.24) is 10.2 Å². The molecule has 1 aliphatic heterocycles. The smallest absolute Gasteiger partial charge is 0.133 e. The zero-order chi connectivity index (χ0) is 12.3. The Balaban J connectivity index is 0.00000162. The van der Waals surface area contributed by atoms with Gasteiger partial charge in [-0.25, -0.2) is 0 Å². The lowest BCUT2D eigenvalue weighted by molar-refractivity contribution is 0.165. The maximum Gasteiger partial charge on any atom is 0.133 e. The van der Waals surface area contributed by atoms with Crippen molar-refractivity contribution >= 4 is 28.3 Å². The molecule has 0 radical (unpaired) electrons. The molecule has 5 heteroatoms. The fourth-order valence-electron chi connectivity index (χ4n) is 2.16. The topological polar surface area (TPSA) is 24.5 Å². The molecule has 1 saturated heterocycles. The highest BCUT2D eigenvalue weighted by molar-refractivity contribution is 9.10. The van der Waals surface area contributed by atoms with Gasteiger partial charge in [-0.2, -0.15) is 0 Å². The summed E-state index contributed by atoms with van der Waals surface area (Å²) >= 11 is 3.53. The summed E-state index contributed by atoms with van der Waals surface area (Å²) in [5.41, 5.74) is 1.33. The summed E-state index contributed by atoms with van der Waals surface area (Å²) in [4.78, 5) is 2.50. The van der Waals surface area contributed by atoms with Crippen molar-refractivity contribution in [3.8, 4) is 5.75 Å². The fraction of sp³-hybridized carbons (Fsp3) is 0.538. The number of nitrogens with zero attached hydrogens (tertiary/aromatic N) is 1. The third-order valence-electron chi connectivity index (χ3n) is 3.24. The Morgan fingerprint density at radius 2 is 2.28 bits per heavy atom. The average molecular weight is 336 g/mol. The molecular weight excluding hydrogens is 316 g/mol. The van der Waals surface area contributed by atoms with Gasteiger partial charge in [-0.1, -0.05) is 6.07 Å². The number of benzene rings is 1. The number of hydrogen-bond acceptors (Lipinski definition) is 3. The number of nitrogens with one attached hydrogen (secondary N) is 1. The number of hydrogen-bond donors (Lipinski definition) is 1. The van der Waals surface area contributed by atoms with Crippen molar-refractivity contribution in [3.05, 3.63) is 28.2 Å². The molecule has 0 spiro atoms. The maximum absolute atomic E-state index is 5.24. The summed E-state index contributed by atoms with van der Waals surface area (Å²) in [5, 5.41) is 3.41. The molecule has 18 heavy (non-hydrogen) atoms.